The average Bonchev–Trinajstić information content (AvgIpc) is 2.45. The van der Waals surface area contributed by atoms with E-state index in [2.05, 4.69) is 4.98 Å². The van der Waals surface area contributed by atoms with Gasteiger partial charge in [0, 0.05) is 25.2 Å². The van der Waals surface area contributed by atoms with E-state index in [9.17, 15) is 4.79 Å². The number of hydrogen-bond donors (Lipinski definition) is 1. The molecule has 1 aliphatic heterocycles. The van der Waals surface area contributed by atoms with Crippen molar-refractivity contribution >= 4 is 5.91 Å². The fraction of sp³-hybridized carbons (Fsp3) is 0.455. The third-order valence-electron chi connectivity index (χ3n) is 2.57. The van der Waals surface area contributed by atoms with E-state index in [0.29, 0.717) is 19.5 Å². The van der Waals surface area contributed by atoms with E-state index < -0.39 is 0 Å². The predicted octanol–water partition coefficient (Wildman–Crippen LogP) is 0.450. The number of aryl methyl sites for hydroxylation is 1. The van der Waals surface area contributed by atoms with Crippen LogP contribution in [0.5, 0.6) is 0 Å². The Bertz CT molecular complexity index is 378. The highest BCUT2D eigenvalue weighted by Crippen LogP contribution is 2.12. The number of carbonyl (C=O) groups excluding carboxylic acids is 1. The molecule has 2 rings (SSSR count). The fourth-order valence-corrected chi connectivity index (χ4v) is 1.84. The average molecular weight is 205 g/mol. The third-order valence-corrected chi connectivity index (χ3v) is 2.57. The molecule has 1 aliphatic rings. The minimum absolute atomic E-state index is 0.0118. The van der Waals surface area contributed by atoms with Crippen molar-refractivity contribution in [3.05, 3.63) is 29.6 Å². The van der Waals surface area contributed by atoms with E-state index in [1.807, 2.05) is 19.1 Å². The number of hydrogen-bond acceptors (Lipinski definition) is 3. The summed E-state index contributed by atoms with van der Waals surface area (Å²) in [6.45, 7) is 3.24. The molecule has 0 aliphatic carbocycles. The van der Waals surface area contributed by atoms with Gasteiger partial charge in [-0.05, 0) is 24.6 Å². The van der Waals surface area contributed by atoms with Crippen molar-refractivity contribution in [1.29, 1.82) is 0 Å². The zero-order valence-corrected chi connectivity index (χ0v) is 8.81. The minimum atomic E-state index is -0.0118. The summed E-state index contributed by atoms with van der Waals surface area (Å²) in [4.78, 5) is 17.5. The highest BCUT2D eigenvalue weighted by Gasteiger charge is 2.26. The maximum atomic E-state index is 11.5. The summed E-state index contributed by atoms with van der Waals surface area (Å²) in [5.41, 5.74) is 7.81. The van der Waals surface area contributed by atoms with E-state index in [1.165, 1.54) is 0 Å². The number of amides is 1. The van der Waals surface area contributed by atoms with E-state index in [1.54, 1.807) is 11.1 Å². The first-order chi connectivity index (χ1) is 7.15. The van der Waals surface area contributed by atoms with E-state index in [4.69, 9.17) is 5.73 Å². The van der Waals surface area contributed by atoms with Gasteiger partial charge >= 0.3 is 0 Å². The molecule has 1 atom stereocenters. The number of carbonyl (C=O) groups is 1. The lowest BCUT2D eigenvalue weighted by atomic mass is 10.2. The number of rotatable bonds is 2. The van der Waals surface area contributed by atoms with Crippen LogP contribution in [0.2, 0.25) is 0 Å². The summed E-state index contributed by atoms with van der Waals surface area (Å²) in [6, 6.07) is 3.93. The Balaban J connectivity index is 2.06. The van der Waals surface area contributed by atoms with Gasteiger partial charge in [-0.15, -0.1) is 0 Å². The Morgan fingerprint density at radius 3 is 3.07 bits per heavy atom. The second-order valence-corrected chi connectivity index (χ2v) is 4.06. The zero-order chi connectivity index (χ0) is 10.8. The van der Waals surface area contributed by atoms with Crippen LogP contribution in [0.1, 0.15) is 17.7 Å². The van der Waals surface area contributed by atoms with Gasteiger partial charge in [0.05, 0.1) is 12.2 Å². The van der Waals surface area contributed by atoms with Crippen molar-refractivity contribution in [3.63, 3.8) is 0 Å². The molecule has 1 saturated heterocycles. The largest absolute Gasteiger partial charge is 0.335 e. The molecule has 1 aromatic rings. The van der Waals surface area contributed by atoms with E-state index in [0.717, 1.165) is 11.3 Å². The molecule has 0 bridgehead atoms. The molecule has 0 saturated carbocycles. The predicted molar refractivity (Wildman–Crippen MR) is 57.0 cm³/mol. The first-order valence-electron chi connectivity index (χ1n) is 5.10. The molecule has 0 spiro atoms. The van der Waals surface area contributed by atoms with Crippen LogP contribution >= 0.6 is 0 Å². The van der Waals surface area contributed by atoms with Gasteiger partial charge in [-0.25, -0.2) is 0 Å². The molecule has 15 heavy (non-hydrogen) atoms. The van der Waals surface area contributed by atoms with Gasteiger partial charge in [-0.2, -0.15) is 0 Å². The summed E-state index contributed by atoms with van der Waals surface area (Å²) >= 11 is 0. The van der Waals surface area contributed by atoms with Crippen LogP contribution in [0.25, 0.3) is 0 Å². The van der Waals surface area contributed by atoms with Crippen molar-refractivity contribution < 1.29 is 4.79 Å². The molecule has 0 radical (unpaired) electrons. The molecule has 4 nitrogen and oxygen atoms in total. The number of aromatic nitrogens is 1. The van der Waals surface area contributed by atoms with Crippen LogP contribution in [0.15, 0.2) is 18.3 Å². The summed E-state index contributed by atoms with van der Waals surface area (Å²) in [7, 11) is 0. The number of likely N-dealkylation sites (tertiary alicyclic amines) is 1. The summed E-state index contributed by atoms with van der Waals surface area (Å²) in [6.07, 6.45) is 2.23. The number of nitrogens with zero attached hydrogens (tertiary/aromatic N) is 2. The lowest BCUT2D eigenvalue weighted by molar-refractivity contribution is -0.128. The highest BCUT2D eigenvalue weighted by atomic mass is 16.2. The van der Waals surface area contributed by atoms with Crippen LogP contribution in [0, 0.1) is 6.92 Å². The Labute approximate surface area is 89.1 Å². The Kier molecular flexibility index (Phi) is 2.68. The summed E-state index contributed by atoms with van der Waals surface area (Å²) < 4.78 is 0. The SMILES string of the molecule is Cc1ccnc(CN2CC(N)CC2=O)c1. The quantitative estimate of drug-likeness (QED) is 0.762. The maximum absolute atomic E-state index is 11.5. The molecule has 0 aromatic carbocycles. The van der Waals surface area contributed by atoms with Gasteiger partial charge in [-0.1, -0.05) is 0 Å². The topological polar surface area (TPSA) is 59.2 Å². The van der Waals surface area contributed by atoms with Gasteiger partial charge < -0.3 is 10.6 Å². The molecule has 2 N–H and O–H groups in total. The van der Waals surface area contributed by atoms with Gasteiger partial charge in [0.1, 0.15) is 0 Å². The van der Waals surface area contributed by atoms with Gasteiger partial charge in [-0.3, -0.25) is 9.78 Å². The Morgan fingerprint density at radius 2 is 2.47 bits per heavy atom. The van der Waals surface area contributed by atoms with Gasteiger partial charge in [0.25, 0.3) is 0 Å². The van der Waals surface area contributed by atoms with Gasteiger partial charge in [0.2, 0.25) is 5.91 Å². The van der Waals surface area contributed by atoms with Gasteiger partial charge in [0.15, 0.2) is 0 Å². The van der Waals surface area contributed by atoms with Crippen LogP contribution < -0.4 is 5.73 Å². The van der Waals surface area contributed by atoms with Crippen molar-refractivity contribution in [2.45, 2.75) is 25.9 Å². The molecule has 4 heteroatoms. The summed E-state index contributed by atoms with van der Waals surface area (Å²) in [5, 5.41) is 0. The van der Waals surface area contributed by atoms with Crippen molar-refractivity contribution in [2.24, 2.45) is 5.73 Å². The molecule has 1 amide bonds. The summed E-state index contributed by atoms with van der Waals surface area (Å²) in [5.74, 6) is 0.130. The molecule has 1 unspecified atom stereocenters. The molecular weight excluding hydrogens is 190 g/mol. The van der Waals surface area contributed by atoms with Crippen molar-refractivity contribution in [1.82, 2.24) is 9.88 Å². The second kappa shape index (κ2) is 3.98. The Morgan fingerprint density at radius 1 is 1.67 bits per heavy atom. The smallest absolute Gasteiger partial charge is 0.224 e. The number of pyridine rings is 1. The molecular formula is C11H15N3O. The minimum Gasteiger partial charge on any atom is -0.335 e. The molecule has 1 aromatic heterocycles. The van der Waals surface area contributed by atoms with Crippen LogP contribution in [-0.4, -0.2) is 28.4 Å². The zero-order valence-electron chi connectivity index (χ0n) is 8.81. The van der Waals surface area contributed by atoms with Crippen LogP contribution in [0.3, 0.4) is 0 Å². The lowest BCUT2D eigenvalue weighted by Gasteiger charge is -2.15. The maximum Gasteiger partial charge on any atom is 0.224 e. The monoisotopic (exact) mass is 205 g/mol. The normalized spacial score (nSPS) is 21.1. The van der Waals surface area contributed by atoms with Crippen LogP contribution in [-0.2, 0) is 11.3 Å². The van der Waals surface area contributed by atoms with E-state index in [-0.39, 0.29) is 11.9 Å². The van der Waals surface area contributed by atoms with Crippen molar-refractivity contribution in [3.8, 4) is 0 Å². The number of nitrogens with two attached hydrogens (primary N) is 1. The Hall–Kier alpha value is -1.42. The molecule has 1 fully saturated rings. The first-order valence-corrected chi connectivity index (χ1v) is 5.10. The fourth-order valence-electron chi connectivity index (χ4n) is 1.84. The van der Waals surface area contributed by atoms with Crippen molar-refractivity contribution in [2.75, 3.05) is 6.54 Å². The standard InChI is InChI=1S/C11H15N3O/c1-8-2-3-13-10(4-8)7-14-6-9(12)5-11(14)15/h2-4,9H,5-7,12H2,1H3. The van der Waals surface area contributed by atoms with E-state index >= 15 is 0 Å². The van der Waals surface area contributed by atoms with Crippen LogP contribution in [0.4, 0.5) is 0 Å². The first kappa shape index (κ1) is 10.1. The lowest BCUT2D eigenvalue weighted by Crippen LogP contribution is -2.28. The highest BCUT2D eigenvalue weighted by molar-refractivity contribution is 5.79. The molecule has 2 heterocycles. The third kappa shape index (κ3) is 2.33. The molecule has 80 valence electrons. The second-order valence-electron chi connectivity index (χ2n) is 4.06.